The maximum Gasteiger partial charge on any atom is 0.255 e. The summed E-state index contributed by atoms with van der Waals surface area (Å²) in [7, 11) is 1.62. The van der Waals surface area contributed by atoms with E-state index in [9.17, 15) is 9.18 Å². The summed E-state index contributed by atoms with van der Waals surface area (Å²) in [5.41, 5.74) is 3.08. The van der Waals surface area contributed by atoms with Crippen LogP contribution in [0.15, 0.2) is 69.4 Å². The second kappa shape index (κ2) is 10.5. The number of anilines is 1. The van der Waals surface area contributed by atoms with Gasteiger partial charge in [-0.25, -0.2) is 9.37 Å². The van der Waals surface area contributed by atoms with Crippen molar-refractivity contribution in [3.63, 3.8) is 0 Å². The van der Waals surface area contributed by atoms with Gasteiger partial charge in [-0.3, -0.25) is 4.79 Å². The summed E-state index contributed by atoms with van der Waals surface area (Å²) in [5.74, 6) is 1.06. The lowest BCUT2D eigenvalue weighted by Crippen LogP contribution is -2.13. The Balaban J connectivity index is 1.46. The van der Waals surface area contributed by atoms with E-state index in [1.165, 1.54) is 40.7 Å². The molecule has 2 aromatic heterocycles. The van der Waals surface area contributed by atoms with E-state index < -0.39 is 0 Å². The zero-order chi connectivity index (χ0) is 23.4. The largest absolute Gasteiger partial charge is 0.495 e. The van der Waals surface area contributed by atoms with Gasteiger partial charge in [0, 0.05) is 21.1 Å². The Labute approximate surface area is 204 Å². The van der Waals surface area contributed by atoms with Crippen LogP contribution in [0.3, 0.4) is 0 Å². The number of aromatic amines is 1. The van der Waals surface area contributed by atoms with Gasteiger partial charge < -0.3 is 14.4 Å². The van der Waals surface area contributed by atoms with Crippen molar-refractivity contribution in [2.24, 2.45) is 0 Å². The molecule has 0 saturated heterocycles. The molecule has 2 N–H and O–H groups in total. The molecule has 4 rings (SSSR count). The van der Waals surface area contributed by atoms with Crippen LogP contribution in [0.4, 0.5) is 10.1 Å². The number of aromatic nitrogens is 2. The molecule has 0 bridgehead atoms. The highest BCUT2D eigenvalue weighted by Crippen LogP contribution is 2.33. The zero-order valence-corrected chi connectivity index (χ0v) is 20.7. The van der Waals surface area contributed by atoms with E-state index in [-0.39, 0.29) is 11.4 Å². The lowest BCUT2D eigenvalue weighted by Gasteiger charge is -2.12. The molecule has 0 atom stereocenters. The third kappa shape index (κ3) is 5.79. The van der Waals surface area contributed by atoms with Crippen LogP contribution in [0, 0.1) is 19.7 Å². The Bertz CT molecular complexity index is 1320. The van der Waals surface area contributed by atoms with Gasteiger partial charge in [0.05, 0.1) is 23.4 Å². The molecule has 0 fully saturated rings. The Morgan fingerprint density at radius 1 is 1.12 bits per heavy atom. The van der Waals surface area contributed by atoms with E-state index in [1.54, 1.807) is 37.5 Å². The van der Waals surface area contributed by atoms with Crippen molar-refractivity contribution in [2.45, 2.75) is 29.7 Å². The van der Waals surface area contributed by atoms with Gasteiger partial charge in [0.15, 0.2) is 5.16 Å². The van der Waals surface area contributed by atoms with Gasteiger partial charge in [0.25, 0.3) is 5.56 Å². The number of thiophene rings is 1. The lowest BCUT2D eigenvalue weighted by molar-refractivity contribution is 0.416. The number of halogens is 1. The fraction of sp³-hybridized carbons (Fsp3) is 0.167. The van der Waals surface area contributed by atoms with Crippen LogP contribution in [0.1, 0.15) is 16.0 Å². The molecule has 5 nitrogen and oxygen atoms in total. The second-order valence-electron chi connectivity index (χ2n) is 7.24. The van der Waals surface area contributed by atoms with Gasteiger partial charge >= 0.3 is 0 Å². The first kappa shape index (κ1) is 23.4. The van der Waals surface area contributed by atoms with Gasteiger partial charge in [-0.15, -0.1) is 11.3 Å². The van der Waals surface area contributed by atoms with Crippen molar-refractivity contribution in [1.82, 2.24) is 9.97 Å². The second-order valence-corrected chi connectivity index (χ2v) is 10.4. The summed E-state index contributed by atoms with van der Waals surface area (Å²) in [6.07, 6.45) is 0. The molecule has 0 amide bonds. The SMILES string of the molecule is COc1cc(CSc2nc(-c3ccc(C)s3)c(C)c(=O)[nH]2)ccc1NSc1ccc(F)cc1. The number of H-pyrrole nitrogens is 1. The first-order chi connectivity index (χ1) is 15.9. The average Bonchev–Trinajstić information content (AvgIpc) is 3.25. The molecule has 9 heteroatoms. The Kier molecular flexibility index (Phi) is 7.42. The predicted molar refractivity (Wildman–Crippen MR) is 136 cm³/mol. The van der Waals surface area contributed by atoms with Gasteiger partial charge in [-0.2, -0.15) is 0 Å². The number of hydrogen-bond acceptors (Lipinski definition) is 7. The highest BCUT2D eigenvalue weighted by Gasteiger charge is 2.13. The van der Waals surface area contributed by atoms with Crippen LogP contribution in [0.2, 0.25) is 0 Å². The Hall–Kier alpha value is -2.75. The lowest BCUT2D eigenvalue weighted by atomic mass is 10.2. The number of nitrogens with zero attached hydrogens (tertiary/aromatic N) is 1. The molecule has 0 aliphatic carbocycles. The highest BCUT2D eigenvalue weighted by molar-refractivity contribution is 8.00. The maximum atomic E-state index is 13.1. The standard InChI is InChI=1S/C24H22FN3O2S3/c1-14-4-11-21(32-14)22-15(2)23(29)27-24(26-22)31-13-16-5-10-19(20(12-16)30-3)28-33-18-8-6-17(25)7-9-18/h4-12,28H,13H2,1-3H3,(H,26,27,29). The van der Waals surface area contributed by atoms with Gasteiger partial charge in [-0.05, 0) is 79.9 Å². The summed E-state index contributed by atoms with van der Waals surface area (Å²) >= 11 is 4.48. The molecule has 170 valence electrons. The van der Waals surface area contributed by atoms with Crippen molar-refractivity contribution >= 4 is 40.7 Å². The van der Waals surface area contributed by atoms with Gasteiger partial charge in [0.1, 0.15) is 11.6 Å². The molecular weight excluding hydrogens is 477 g/mol. The van der Waals surface area contributed by atoms with Gasteiger partial charge in [-0.1, -0.05) is 17.8 Å². The summed E-state index contributed by atoms with van der Waals surface area (Å²) in [6.45, 7) is 3.83. The molecule has 0 aliphatic rings. The van der Waals surface area contributed by atoms with Crippen LogP contribution in [0.5, 0.6) is 5.75 Å². The smallest absolute Gasteiger partial charge is 0.255 e. The molecule has 4 aromatic rings. The van der Waals surface area contributed by atoms with E-state index in [1.807, 2.05) is 37.3 Å². The molecule has 33 heavy (non-hydrogen) atoms. The number of rotatable bonds is 8. The van der Waals surface area contributed by atoms with E-state index >= 15 is 0 Å². The van der Waals surface area contributed by atoms with Crippen LogP contribution < -0.4 is 15.0 Å². The Morgan fingerprint density at radius 2 is 1.91 bits per heavy atom. The van der Waals surface area contributed by atoms with E-state index in [2.05, 4.69) is 9.71 Å². The van der Waals surface area contributed by atoms with Crippen molar-refractivity contribution in [3.05, 3.63) is 86.8 Å². The predicted octanol–water partition coefficient (Wildman–Crippen LogP) is 6.67. The van der Waals surface area contributed by atoms with Gasteiger partial charge in [0.2, 0.25) is 0 Å². The average molecular weight is 500 g/mol. The van der Waals surface area contributed by atoms with Crippen molar-refractivity contribution in [3.8, 4) is 16.3 Å². The normalized spacial score (nSPS) is 10.9. The summed E-state index contributed by atoms with van der Waals surface area (Å²) in [5, 5.41) is 0.583. The molecule has 0 unspecified atom stereocenters. The minimum Gasteiger partial charge on any atom is -0.495 e. The quantitative estimate of drug-likeness (QED) is 0.160. The number of thioether (sulfide) groups is 1. The zero-order valence-electron chi connectivity index (χ0n) is 18.3. The highest BCUT2D eigenvalue weighted by atomic mass is 32.2. The summed E-state index contributed by atoms with van der Waals surface area (Å²) in [4.78, 5) is 23.1. The molecule has 0 aliphatic heterocycles. The number of aryl methyl sites for hydroxylation is 1. The van der Waals surface area contributed by atoms with E-state index in [0.717, 1.165) is 26.7 Å². The molecule has 0 radical (unpaired) electrons. The minimum atomic E-state index is -0.263. The third-order valence-electron chi connectivity index (χ3n) is 4.84. The molecule has 0 saturated carbocycles. The fourth-order valence-electron chi connectivity index (χ4n) is 3.06. The fourth-order valence-corrected chi connectivity index (χ4v) is 5.45. The monoisotopic (exact) mass is 499 g/mol. The van der Waals surface area contributed by atoms with E-state index in [4.69, 9.17) is 9.72 Å². The summed E-state index contributed by atoms with van der Waals surface area (Å²) < 4.78 is 21.9. The maximum absolute atomic E-state index is 13.1. The van der Waals surface area contributed by atoms with Crippen LogP contribution in [-0.4, -0.2) is 17.1 Å². The van der Waals surface area contributed by atoms with Crippen LogP contribution in [-0.2, 0) is 5.75 Å². The minimum absolute atomic E-state index is 0.122. The van der Waals surface area contributed by atoms with Crippen molar-refractivity contribution < 1.29 is 9.13 Å². The third-order valence-corrected chi connectivity index (χ3v) is 7.62. The topological polar surface area (TPSA) is 67.0 Å². The van der Waals surface area contributed by atoms with Crippen LogP contribution >= 0.6 is 35.0 Å². The summed E-state index contributed by atoms with van der Waals surface area (Å²) in [6, 6.07) is 16.2. The number of benzene rings is 2. The van der Waals surface area contributed by atoms with Crippen LogP contribution in [0.25, 0.3) is 10.6 Å². The van der Waals surface area contributed by atoms with Crippen molar-refractivity contribution in [1.29, 1.82) is 0 Å². The molecule has 0 spiro atoms. The molecular formula is C24H22FN3O2S3. The number of ether oxygens (including phenoxy) is 1. The molecule has 2 aromatic carbocycles. The molecule has 2 heterocycles. The number of hydrogen-bond donors (Lipinski definition) is 2. The number of methoxy groups -OCH3 is 1. The van der Waals surface area contributed by atoms with Crippen molar-refractivity contribution in [2.75, 3.05) is 11.8 Å². The first-order valence-corrected chi connectivity index (χ1v) is 12.7. The number of nitrogens with one attached hydrogen (secondary N) is 2. The Morgan fingerprint density at radius 3 is 2.61 bits per heavy atom. The van der Waals surface area contributed by atoms with E-state index in [0.29, 0.717) is 22.2 Å². The first-order valence-electron chi connectivity index (χ1n) is 10.1.